The first-order valence-corrected chi connectivity index (χ1v) is 8.56. The van der Waals surface area contributed by atoms with Crippen molar-refractivity contribution >= 4 is 0 Å². The van der Waals surface area contributed by atoms with Crippen LogP contribution in [0.2, 0.25) is 19.4 Å². The molecule has 0 saturated heterocycles. The van der Waals surface area contributed by atoms with Crippen molar-refractivity contribution < 1.29 is 16.6 Å². The van der Waals surface area contributed by atoms with Gasteiger partial charge in [0.2, 0.25) is 0 Å². The van der Waals surface area contributed by atoms with Gasteiger partial charge in [-0.15, -0.1) is 0 Å². The molecule has 0 amide bonds. The van der Waals surface area contributed by atoms with Crippen LogP contribution in [-0.4, -0.2) is 0 Å². The fourth-order valence-electron chi connectivity index (χ4n) is 0.750. The Kier molecular flexibility index (Phi) is 4.01. The van der Waals surface area contributed by atoms with Gasteiger partial charge in [0.25, 0.3) is 0 Å². The topological polar surface area (TPSA) is 0 Å². The van der Waals surface area contributed by atoms with E-state index in [1.807, 2.05) is 0 Å². The van der Waals surface area contributed by atoms with E-state index in [9.17, 15) is 0 Å². The summed E-state index contributed by atoms with van der Waals surface area (Å²) in [6.45, 7) is 7.06. The minimum absolute atomic E-state index is 1.12. The second-order valence-electron chi connectivity index (χ2n) is 2.87. The van der Waals surface area contributed by atoms with Gasteiger partial charge in [0.15, 0.2) is 0 Å². The molecule has 0 aromatic carbocycles. The van der Waals surface area contributed by atoms with Gasteiger partial charge in [0.05, 0.1) is 0 Å². The average molecular weight is 150 g/mol. The van der Waals surface area contributed by atoms with E-state index in [0.29, 0.717) is 0 Å². The molecule has 1 heteroatoms. The molecule has 0 unspecified atom stereocenters. The van der Waals surface area contributed by atoms with Crippen LogP contribution in [0.3, 0.4) is 0 Å². The molecule has 0 nitrogen and oxygen atoms in total. The first kappa shape index (κ1) is 8.71. The molecule has 0 bridgehead atoms. The van der Waals surface area contributed by atoms with Gasteiger partial charge < -0.3 is 0 Å². The van der Waals surface area contributed by atoms with Crippen LogP contribution in [0.4, 0.5) is 0 Å². The summed E-state index contributed by atoms with van der Waals surface area (Å²) in [5.41, 5.74) is 0. The van der Waals surface area contributed by atoms with Gasteiger partial charge in [-0.1, -0.05) is 0 Å². The Bertz CT molecular complexity index is 47.1. The summed E-state index contributed by atoms with van der Waals surface area (Å²) < 4.78 is 4.52. The molecule has 0 aliphatic heterocycles. The third kappa shape index (κ3) is 2.32. The minimum atomic E-state index is -1.12. The van der Waals surface area contributed by atoms with E-state index < -0.39 is 16.6 Å². The third-order valence-electron chi connectivity index (χ3n) is 2.56. The molecule has 0 fully saturated rings. The average Bonchev–Trinajstić information content (AvgIpc) is 1.87. The molecule has 0 heterocycles. The maximum atomic E-state index is 2.54. The summed E-state index contributed by atoms with van der Waals surface area (Å²) >= 11 is -1.12. The molecule has 0 rings (SSSR count). The molecule has 0 radical (unpaired) electrons. The first-order valence-electron chi connectivity index (χ1n) is 3.68. The quantitative estimate of drug-likeness (QED) is 0.540. The van der Waals surface area contributed by atoms with Gasteiger partial charge in [-0.2, -0.15) is 0 Å². The molecule has 50 valence electrons. The van der Waals surface area contributed by atoms with Crippen molar-refractivity contribution in [3.8, 4) is 0 Å². The summed E-state index contributed by atoms with van der Waals surface area (Å²) in [5.74, 6) is 0. The van der Waals surface area contributed by atoms with Gasteiger partial charge in [0.1, 0.15) is 0 Å². The summed E-state index contributed by atoms with van der Waals surface area (Å²) in [5, 5.41) is 2.54. The molecular weight excluding hydrogens is 132 g/mol. The molecule has 0 spiro atoms. The standard InChI is InChI=1S/3C2H5.CH3.Ti/c3*1-2;;/h3*1H2,2H3;1H3;. The Morgan fingerprint density at radius 1 is 0.875 bits per heavy atom. The van der Waals surface area contributed by atoms with Gasteiger partial charge in [0, 0.05) is 0 Å². The predicted octanol–water partition coefficient (Wildman–Crippen LogP) is 3.50. The molecule has 0 aliphatic carbocycles. The van der Waals surface area contributed by atoms with Crippen LogP contribution in [0.15, 0.2) is 0 Å². The Labute approximate surface area is 57.0 Å². The number of hydrogen-bond donors (Lipinski definition) is 0. The van der Waals surface area contributed by atoms with Crippen molar-refractivity contribution in [2.24, 2.45) is 0 Å². The van der Waals surface area contributed by atoms with E-state index in [1.54, 1.807) is 0 Å². The molecule has 0 atom stereocenters. The van der Waals surface area contributed by atoms with Crippen LogP contribution in [0.25, 0.3) is 0 Å². The second-order valence-corrected chi connectivity index (χ2v) is 11.8. The molecule has 0 aliphatic rings. The number of hydrogen-bond acceptors (Lipinski definition) is 0. The molecule has 0 saturated carbocycles. The van der Waals surface area contributed by atoms with E-state index in [-0.39, 0.29) is 0 Å². The Hall–Kier alpha value is 0.714. The zero-order valence-corrected chi connectivity index (χ0v) is 8.18. The van der Waals surface area contributed by atoms with E-state index in [2.05, 4.69) is 26.0 Å². The zero-order valence-electron chi connectivity index (χ0n) is 6.62. The van der Waals surface area contributed by atoms with Crippen molar-refractivity contribution in [2.45, 2.75) is 40.2 Å². The van der Waals surface area contributed by atoms with Gasteiger partial charge in [-0.25, -0.2) is 0 Å². The Morgan fingerprint density at radius 3 is 1.12 bits per heavy atom. The van der Waals surface area contributed by atoms with E-state index >= 15 is 0 Å². The SMILES string of the molecule is C[CH2][Ti]([CH3])([CH2]C)[CH2]C. The van der Waals surface area contributed by atoms with Crippen molar-refractivity contribution in [1.29, 1.82) is 0 Å². The molecule has 0 aromatic rings. The Balaban J connectivity index is 3.58. The van der Waals surface area contributed by atoms with Crippen LogP contribution in [0, 0.1) is 0 Å². The van der Waals surface area contributed by atoms with Crippen molar-refractivity contribution in [3.63, 3.8) is 0 Å². The van der Waals surface area contributed by atoms with Crippen molar-refractivity contribution in [2.75, 3.05) is 0 Å². The van der Waals surface area contributed by atoms with E-state index in [1.165, 1.54) is 14.2 Å². The third-order valence-corrected chi connectivity index (χ3v) is 10.6. The maximum absolute atomic E-state index is 2.54. The molecule has 8 heavy (non-hydrogen) atoms. The molecule has 0 N–H and O–H groups in total. The second kappa shape index (κ2) is 3.69. The fourth-order valence-corrected chi connectivity index (χ4v) is 3.09. The normalized spacial score (nSPS) is 12.0. The summed E-state index contributed by atoms with van der Waals surface area (Å²) in [6.07, 6.45) is 0. The first-order chi connectivity index (χ1) is 3.68. The van der Waals surface area contributed by atoms with Crippen LogP contribution < -0.4 is 0 Å². The van der Waals surface area contributed by atoms with Crippen molar-refractivity contribution in [3.05, 3.63) is 0 Å². The van der Waals surface area contributed by atoms with Crippen LogP contribution in [-0.2, 0) is 16.6 Å². The Morgan fingerprint density at radius 2 is 1.12 bits per heavy atom. The summed E-state index contributed by atoms with van der Waals surface area (Å²) in [7, 11) is 0. The summed E-state index contributed by atoms with van der Waals surface area (Å²) in [6, 6.07) is 0. The van der Waals surface area contributed by atoms with Crippen LogP contribution >= 0.6 is 0 Å². The van der Waals surface area contributed by atoms with E-state index in [0.717, 1.165) is 0 Å². The van der Waals surface area contributed by atoms with Gasteiger partial charge in [-0.05, 0) is 0 Å². The molecule has 0 aromatic heterocycles. The monoisotopic (exact) mass is 150 g/mol. The number of rotatable bonds is 3. The van der Waals surface area contributed by atoms with Crippen LogP contribution in [0.5, 0.6) is 0 Å². The van der Waals surface area contributed by atoms with E-state index in [4.69, 9.17) is 0 Å². The van der Waals surface area contributed by atoms with Crippen LogP contribution in [0.1, 0.15) is 20.8 Å². The van der Waals surface area contributed by atoms with Gasteiger partial charge in [-0.3, -0.25) is 0 Å². The summed E-state index contributed by atoms with van der Waals surface area (Å²) in [4.78, 5) is 0. The fraction of sp³-hybridized carbons (Fsp3) is 1.00. The molecular formula is C7H18Ti. The van der Waals surface area contributed by atoms with Crippen molar-refractivity contribution in [1.82, 2.24) is 0 Å². The predicted molar refractivity (Wildman–Crippen MR) is 37.3 cm³/mol. The zero-order chi connectivity index (χ0) is 6.62. The van der Waals surface area contributed by atoms with Gasteiger partial charge >= 0.3 is 56.8 Å².